The molecule has 6 nitrogen and oxygen atoms in total. The molecule has 1 aliphatic rings. The summed E-state index contributed by atoms with van der Waals surface area (Å²) in [6.07, 6.45) is -0.534. The second-order valence-electron chi connectivity index (χ2n) is 7.82. The van der Waals surface area contributed by atoms with Gasteiger partial charge in [0.05, 0.1) is 0 Å². The number of amides is 2. The number of para-hydroxylation sites is 1. The highest BCUT2D eigenvalue weighted by Gasteiger charge is 2.23. The lowest BCUT2D eigenvalue weighted by Crippen LogP contribution is -2.48. The number of carbonyl (C=O) groups is 2. The van der Waals surface area contributed by atoms with E-state index in [9.17, 15) is 9.59 Å². The van der Waals surface area contributed by atoms with E-state index in [0.29, 0.717) is 24.3 Å². The maximum Gasteiger partial charge on any atom is 0.412 e. The monoisotopic (exact) mass is 381 g/mol. The van der Waals surface area contributed by atoms with E-state index in [0.717, 1.165) is 13.1 Å². The maximum atomic E-state index is 12.9. The topological polar surface area (TPSA) is 61.9 Å². The number of nitrogens with zero attached hydrogens (tertiary/aromatic N) is 2. The molecule has 2 aromatic carbocycles. The highest BCUT2D eigenvalue weighted by Crippen LogP contribution is 2.19. The molecule has 0 atom stereocenters. The number of carbonyl (C=O) groups excluding carboxylic acids is 2. The van der Waals surface area contributed by atoms with Crippen LogP contribution in [0.4, 0.5) is 16.2 Å². The molecular formula is C22H27N3O3. The molecule has 1 N–H and O–H groups in total. The first-order valence-electron chi connectivity index (χ1n) is 9.51. The van der Waals surface area contributed by atoms with Crippen molar-refractivity contribution in [3.8, 4) is 0 Å². The lowest BCUT2D eigenvalue weighted by molar-refractivity contribution is 0.0634. The SMILES string of the molecule is CC(C)(C)OC(=O)Nc1cccc(C(=O)N2CCN(c3ccccc3)CC2)c1. The van der Waals surface area contributed by atoms with Gasteiger partial charge in [-0.15, -0.1) is 0 Å². The molecule has 2 amide bonds. The first-order valence-corrected chi connectivity index (χ1v) is 9.51. The number of hydrogen-bond donors (Lipinski definition) is 1. The molecule has 1 aliphatic heterocycles. The Kier molecular flexibility index (Phi) is 5.87. The van der Waals surface area contributed by atoms with Gasteiger partial charge in [-0.25, -0.2) is 4.79 Å². The molecular weight excluding hydrogens is 354 g/mol. The minimum Gasteiger partial charge on any atom is -0.444 e. The number of benzene rings is 2. The van der Waals surface area contributed by atoms with E-state index in [4.69, 9.17) is 4.74 Å². The Morgan fingerprint density at radius 2 is 1.61 bits per heavy atom. The van der Waals surface area contributed by atoms with E-state index in [-0.39, 0.29) is 5.91 Å². The van der Waals surface area contributed by atoms with Crippen LogP contribution in [0.5, 0.6) is 0 Å². The third-order valence-electron chi connectivity index (χ3n) is 4.44. The van der Waals surface area contributed by atoms with Crippen molar-refractivity contribution in [2.45, 2.75) is 26.4 Å². The zero-order valence-electron chi connectivity index (χ0n) is 16.6. The quantitative estimate of drug-likeness (QED) is 0.873. The first kappa shape index (κ1) is 19.7. The Labute approximate surface area is 166 Å². The predicted molar refractivity (Wildman–Crippen MR) is 111 cm³/mol. The van der Waals surface area contributed by atoms with E-state index >= 15 is 0 Å². The predicted octanol–water partition coefficient (Wildman–Crippen LogP) is 4.00. The van der Waals surface area contributed by atoms with Crippen LogP contribution in [-0.4, -0.2) is 48.7 Å². The molecule has 1 heterocycles. The third-order valence-corrected chi connectivity index (χ3v) is 4.44. The van der Waals surface area contributed by atoms with Crippen molar-refractivity contribution in [1.29, 1.82) is 0 Å². The molecule has 1 fully saturated rings. The second kappa shape index (κ2) is 8.33. The number of piperazine rings is 1. The number of ether oxygens (including phenoxy) is 1. The van der Waals surface area contributed by atoms with Crippen LogP contribution in [0.1, 0.15) is 31.1 Å². The van der Waals surface area contributed by atoms with E-state index < -0.39 is 11.7 Å². The standard InChI is InChI=1S/C22H27N3O3/c1-22(2,3)28-21(27)23-18-9-7-8-17(16-18)20(26)25-14-12-24(13-15-25)19-10-5-4-6-11-19/h4-11,16H,12-15H2,1-3H3,(H,23,27). The Morgan fingerprint density at radius 1 is 0.929 bits per heavy atom. The summed E-state index contributed by atoms with van der Waals surface area (Å²) >= 11 is 0. The first-order chi connectivity index (χ1) is 13.3. The van der Waals surface area contributed by atoms with Crippen molar-refractivity contribution in [3.63, 3.8) is 0 Å². The molecule has 0 radical (unpaired) electrons. The third kappa shape index (κ3) is 5.25. The van der Waals surface area contributed by atoms with Crippen molar-refractivity contribution < 1.29 is 14.3 Å². The highest BCUT2D eigenvalue weighted by molar-refractivity contribution is 5.96. The second-order valence-corrected chi connectivity index (χ2v) is 7.82. The Hall–Kier alpha value is -3.02. The van der Waals surface area contributed by atoms with Crippen LogP contribution in [0.25, 0.3) is 0 Å². The van der Waals surface area contributed by atoms with Gasteiger partial charge in [-0.3, -0.25) is 10.1 Å². The summed E-state index contributed by atoms with van der Waals surface area (Å²) in [6.45, 7) is 8.34. The van der Waals surface area contributed by atoms with E-state index in [1.807, 2.05) is 43.9 Å². The van der Waals surface area contributed by atoms with Crippen LogP contribution in [0.15, 0.2) is 54.6 Å². The van der Waals surface area contributed by atoms with Crippen molar-refractivity contribution in [2.24, 2.45) is 0 Å². The molecule has 3 rings (SSSR count). The summed E-state index contributed by atoms with van der Waals surface area (Å²) in [6, 6.07) is 17.2. The minimum atomic E-state index is -0.573. The average molecular weight is 381 g/mol. The highest BCUT2D eigenvalue weighted by atomic mass is 16.6. The van der Waals surface area contributed by atoms with Crippen molar-refractivity contribution in [2.75, 3.05) is 36.4 Å². The van der Waals surface area contributed by atoms with Gasteiger partial charge in [0.2, 0.25) is 0 Å². The van der Waals surface area contributed by atoms with Gasteiger partial charge < -0.3 is 14.5 Å². The van der Waals surface area contributed by atoms with Gasteiger partial charge in [-0.05, 0) is 51.1 Å². The molecule has 0 unspecified atom stereocenters. The molecule has 1 saturated heterocycles. The fourth-order valence-electron chi connectivity index (χ4n) is 3.14. The fraction of sp³-hybridized carbons (Fsp3) is 0.364. The number of rotatable bonds is 3. The van der Waals surface area contributed by atoms with Crippen LogP contribution < -0.4 is 10.2 Å². The van der Waals surface area contributed by atoms with E-state index in [1.54, 1.807) is 24.3 Å². The van der Waals surface area contributed by atoms with Gasteiger partial charge >= 0.3 is 6.09 Å². The Morgan fingerprint density at radius 3 is 2.25 bits per heavy atom. The van der Waals surface area contributed by atoms with Crippen molar-refractivity contribution in [1.82, 2.24) is 4.90 Å². The number of hydrogen-bond acceptors (Lipinski definition) is 4. The maximum absolute atomic E-state index is 12.9. The van der Waals surface area contributed by atoms with Gasteiger partial charge in [0.25, 0.3) is 5.91 Å². The van der Waals surface area contributed by atoms with Crippen LogP contribution in [-0.2, 0) is 4.74 Å². The molecule has 6 heteroatoms. The van der Waals surface area contributed by atoms with Gasteiger partial charge in [0.1, 0.15) is 5.60 Å². The van der Waals surface area contributed by atoms with Crippen LogP contribution in [0.3, 0.4) is 0 Å². The Bertz CT molecular complexity index is 822. The van der Waals surface area contributed by atoms with Crippen molar-refractivity contribution in [3.05, 3.63) is 60.2 Å². The fourth-order valence-corrected chi connectivity index (χ4v) is 3.14. The van der Waals surface area contributed by atoms with Gasteiger partial charge in [0, 0.05) is 43.1 Å². The zero-order valence-corrected chi connectivity index (χ0v) is 16.6. The molecule has 0 bridgehead atoms. The molecule has 0 aromatic heterocycles. The zero-order chi connectivity index (χ0) is 20.1. The van der Waals surface area contributed by atoms with E-state index in [2.05, 4.69) is 22.3 Å². The summed E-state index contributed by atoms with van der Waals surface area (Å²) in [5, 5.41) is 2.69. The van der Waals surface area contributed by atoms with Gasteiger partial charge in [0.15, 0.2) is 0 Å². The minimum absolute atomic E-state index is 0.0273. The number of nitrogens with one attached hydrogen (secondary N) is 1. The Balaban J connectivity index is 1.60. The summed E-state index contributed by atoms with van der Waals surface area (Å²) in [4.78, 5) is 29.0. The van der Waals surface area contributed by atoms with Gasteiger partial charge in [-0.1, -0.05) is 24.3 Å². The molecule has 0 aliphatic carbocycles. The van der Waals surface area contributed by atoms with Gasteiger partial charge in [-0.2, -0.15) is 0 Å². The smallest absolute Gasteiger partial charge is 0.412 e. The molecule has 2 aromatic rings. The molecule has 148 valence electrons. The largest absolute Gasteiger partial charge is 0.444 e. The van der Waals surface area contributed by atoms with Crippen LogP contribution in [0.2, 0.25) is 0 Å². The summed E-state index contributed by atoms with van der Waals surface area (Å²) in [5.41, 5.74) is 1.71. The lowest BCUT2D eigenvalue weighted by Gasteiger charge is -2.36. The van der Waals surface area contributed by atoms with Crippen LogP contribution in [0, 0.1) is 0 Å². The summed E-state index contributed by atoms with van der Waals surface area (Å²) in [5.74, 6) is -0.0273. The summed E-state index contributed by atoms with van der Waals surface area (Å²) < 4.78 is 5.26. The van der Waals surface area contributed by atoms with E-state index in [1.165, 1.54) is 5.69 Å². The molecule has 0 saturated carbocycles. The summed E-state index contributed by atoms with van der Waals surface area (Å²) in [7, 11) is 0. The lowest BCUT2D eigenvalue weighted by atomic mass is 10.1. The van der Waals surface area contributed by atoms with Crippen LogP contribution >= 0.6 is 0 Å². The molecule has 0 spiro atoms. The van der Waals surface area contributed by atoms with Crippen molar-refractivity contribution >= 4 is 23.4 Å². The molecule has 28 heavy (non-hydrogen) atoms. The normalized spacial score (nSPS) is 14.5. The average Bonchev–Trinajstić information content (AvgIpc) is 2.67. The number of anilines is 2.